The lowest BCUT2D eigenvalue weighted by atomic mass is 10.1. The van der Waals surface area contributed by atoms with E-state index in [1.807, 2.05) is 0 Å². The average Bonchev–Trinajstić information content (AvgIpc) is 2.55. The summed E-state index contributed by atoms with van der Waals surface area (Å²) in [5.41, 5.74) is 2.80. The van der Waals surface area contributed by atoms with E-state index in [2.05, 4.69) is 65.3 Å². The Hall–Kier alpha value is -0.258. The molecule has 128 valence electrons. The van der Waals surface area contributed by atoms with Crippen LogP contribution in [0.2, 0.25) is 10.6 Å². The van der Waals surface area contributed by atoms with E-state index < -0.39 is 14.4 Å². The number of rotatable bonds is 11. The maximum absolute atomic E-state index is 4.91. The van der Waals surface area contributed by atoms with Crippen molar-refractivity contribution in [3.8, 4) is 0 Å². The second-order valence-corrected chi connectivity index (χ2v) is 9.85. The topological polar surface area (TPSA) is 15.6 Å². The van der Waals surface area contributed by atoms with Crippen molar-refractivity contribution in [2.24, 2.45) is 4.99 Å². The molecule has 0 bridgehead atoms. The standard InChI is InChI=1S/C15H29N2.2C2H5.Al/c1-7-12(5)16-14(9-3)11-15(10-4)17-13(6)8-2;2*1-2;/h11-13H,7-10H2,1-6H3;2*1H2,2H3;/q-1;;;+1/b14-11-,17-15?;;;. The van der Waals surface area contributed by atoms with Gasteiger partial charge in [0.25, 0.3) is 0 Å². The lowest BCUT2D eigenvalue weighted by Crippen LogP contribution is -2.43. The second-order valence-electron chi connectivity index (χ2n) is 6.36. The summed E-state index contributed by atoms with van der Waals surface area (Å²) in [7, 11) is 0. The molecule has 2 nitrogen and oxygen atoms in total. The molecule has 0 fully saturated rings. The van der Waals surface area contributed by atoms with Crippen LogP contribution in [0, 0.1) is 0 Å². The molecule has 0 aliphatic rings. The van der Waals surface area contributed by atoms with Gasteiger partial charge in [-0.3, -0.25) is 4.99 Å². The van der Waals surface area contributed by atoms with E-state index in [-0.39, 0.29) is 0 Å². The summed E-state index contributed by atoms with van der Waals surface area (Å²) in [5, 5.41) is 2.70. The molecule has 3 heteroatoms. The summed E-state index contributed by atoms with van der Waals surface area (Å²) in [6.07, 6.45) is 6.91. The van der Waals surface area contributed by atoms with Crippen molar-refractivity contribution in [1.29, 1.82) is 0 Å². The number of nitrogens with zero attached hydrogens (tertiary/aromatic N) is 2. The van der Waals surface area contributed by atoms with E-state index in [4.69, 9.17) is 4.99 Å². The summed E-state index contributed by atoms with van der Waals surface area (Å²) in [5.74, 6) is 0. The Labute approximate surface area is 144 Å². The van der Waals surface area contributed by atoms with Crippen molar-refractivity contribution in [2.45, 2.75) is 104 Å². The van der Waals surface area contributed by atoms with Crippen LogP contribution in [0.5, 0.6) is 0 Å². The first-order valence-corrected chi connectivity index (χ1v) is 11.7. The minimum atomic E-state index is -0.861. The molecular weight excluding hydrogens is 283 g/mol. The van der Waals surface area contributed by atoms with Gasteiger partial charge in [-0.05, 0) is 51.3 Å². The molecule has 2 unspecified atom stereocenters. The van der Waals surface area contributed by atoms with Gasteiger partial charge in [0.05, 0.1) is 0 Å². The Morgan fingerprint density at radius 3 is 1.91 bits per heavy atom. The van der Waals surface area contributed by atoms with Crippen molar-refractivity contribution in [1.82, 2.24) is 3.88 Å². The molecule has 0 saturated carbocycles. The second kappa shape index (κ2) is 12.2. The molecule has 0 aliphatic carbocycles. The number of hydrogen-bond acceptors (Lipinski definition) is 2. The number of aliphatic imine (C=N–C) groups is 1. The number of allylic oxidation sites excluding steroid dienone is 2. The molecule has 0 aromatic heterocycles. The Morgan fingerprint density at radius 2 is 1.55 bits per heavy atom. The third-order valence-electron chi connectivity index (χ3n) is 4.77. The van der Waals surface area contributed by atoms with Gasteiger partial charge in [-0.2, -0.15) is 0 Å². The molecule has 2 atom stereocenters. The zero-order valence-electron chi connectivity index (χ0n) is 16.4. The third-order valence-corrected chi connectivity index (χ3v) is 8.28. The lowest BCUT2D eigenvalue weighted by molar-refractivity contribution is 0.388. The first-order valence-electron chi connectivity index (χ1n) is 9.54. The molecule has 0 aliphatic heterocycles. The predicted octanol–water partition coefficient (Wildman–Crippen LogP) is 6.06. The third kappa shape index (κ3) is 6.88. The first kappa shape index (κ1) is 21.7. The van der Waals surface area contributed by atoms with Gasteiger partial charge >= 0.3 is 14.4 Å². The largest absolute Gasteiger partial charge is 0.464 e. The summed E-state index contributed by atoms with van der Waals surface area (Å²) in [6, 6.07) is 1.09. The van der Waals surface area contributed by atoms with Crippen LogP contribution in [-0.2, 0) is 0 Å². The van der Waals surface area contributed by atoms with E-state index in [1.54, 1.807) is 0 Å². The van der Waals surface area contributed by atoms with Crippen molar-refractivity contribution in [3.05, 3.63) is 11.8 Å². The van der Waals surface area contributed by atoms with Crippen LogP contribution in [-0.4, -0.2) is 36.0 Å². The number of hydrogen-bond donors (Lipinski definition) is 0. The zero-order chi connectivity index (χ0) is 17.1. The minimum Gasteiger partial charge on any atom is -0.464 e. The van der Waals surface area contributed by atoms with Crippen molar-refractivity contribution >= 4 is 20.1 Å². The van der Waals surface area contributed by atoms with Crippen LogP contribution in [0.15, 0.2) is 16.8 Å². The maximum Gasteiger partial charge on any atom is 0.413 e. The zero-order valence-corrected chi connectivity index (χ0v) is 17.6. The van der Waals surface area contributed by atoms with E-state index in [1.165, 1.54) is 28.4 Å². The normalized spacial score (nSPS) is 15.6. The van der Waals surface area contributed by atoms with Gasteiger partial charge in [-0.1, -0.05) is 52.1 Å². The van der Waals surface area contributed by atoms with Crippen LogP contribution in [0.1, 0.15) is 81.1 Å². The lowest BCUT2D eigenvalue weighted by Gasteiger charge is -2.38. The van der Waals surface area contributed by atoms with Gasteiger partial charge in [0, 0.05) is 17.8 Å². The van der Waals surface area contributed by atoms with E-state index in [0.717, 1.165) is 19.3 Å². The van der Waals surface area contributed by atoms with Crippen LogP contribution < -0.4 is 0 Å². The van der Waals surface area contributed by atoms with E-state index >= 15 is 0 Å². The van der Waals surface area contributed by atoms with Gasteiger partial charge in [0.15, 0.2) is 0 Å². The highest BCUT2D eigenvalue weighted by atomic mass is 27.2. The molecule has 0 spiro atoms. The van der Waals surface area contributed by atoms with Crippen LogP contribution in [0.25, 0.3) is 0 Å². The summed E-state index contributed by atoms with van der Waals surface area (Å²) < 4.78 is 2.81. The molecule has 0 heterocycles. The first-order chi connectivity index (χ1) is 10.5. The van der Waals surface area contributed by atoms with Crippen LogP contribution >= 0.6 is 0 Å². The Bertz CT molecular complexity index is 345. The summed E-state index contributed by atoms with van der Waals surface area (Å²) >= 11 is -0.861. The molecule has 0 saturated heterocycles. The molecule has 22 heavy (non-hydrogen) atoms. The maximum atomic E-state index is 4.91. The Balaban J connectivity index is 5.60. The Kier molecular flexibility index (Phi) is 12.1. The van der Waals surface area contributed by atoms with Gasteiger partial charge in [0.2, 0.25) is 0 Å². The SMILES string of the molecule is CCC(/C=C(/CC)[N](C(C)CC)[Al]([CH2]C)[CH2]C)=NC(C)CC. The summed E-state index contributed by atoms with van der Waals surface area (Å²) in [4.78, 5) is 4.91. The highest BCUT2D eigenvalue weighted by molar-refractivity contribution is 6.56. The van der Waals surface area contributed by atoms with E-state index in [0.29, 0.717) is 12.1 Å². The van der Waals surface area contributed by atoms with Crippen LogP contribution in [0.3, 0.4) is 0 Å². The molecular formula is C19H39AlN2. The van der Waals surface area contributed by atoms with Gasteiger partial charge in [0.1, 0.15) is 0 Å². The quantitative estimate of drug-likeness (QED) is 0.333. The summed E-state index contributed by atoms with van der Waals surface area (Å²) in [6.45, 7) is 18.4. The van der Waals surface area contributed by atoms with Gasteiger partial charge in [-0.15, -0.1) is 0 Å². The van der Waals surface area contributed by atoms with E-state index in [9.17, 15) is 0 Å². The molecule has 0 aromatic carbocycles. The molecule has 0 amide bonds. The molecule has 0 radical (unpaired) electrons. The monoisotopic (exact) mass is 322 g/mol. The average molecular weight is 323 g/mol. The highest BCUT2D eigenvalue weighted by Crippen LogP contribution is 2.22. The predicted molar refractivity (Wildman–Crippen MR) is 104 cm³/mol. The highest BCUT2D eigenvalue weighted by Gasteiger charge is 2.27. The fourth-order valence-electron chi connectivity index (χ4n) is 2.91. The molecule has 0 rings (SSSR count). The van der Waals surface area contributed by atoms with Crippen molar-refractivity contribution < 1.29 is 0 Å². The van der Waals surface area contributed by atoms with Gasteiger partial charge in [-0.25, -0.2) is 0 Å². The van der Waals surface area contributed by atoms with Crippen molar-refractivity contribution in [3.63, 3.8) is 0 Å². The minimum absolute atomic E-state index is 0.437. The fourth-order valence-corrected chi connectivity index (χ4v) is 5.93. The van der Waals surface area contributed by atoms with Crippen LogP contribution in [0.4, 0.5) is 0 Å². The molecule has 0 N–H and O–H groups in total. The van der Waals surface area contributed by atoms with Crippen molar-refractivity contribution in [2.75, 3.05) is 0 Å². The fraction of sp³-hybridized carbons (Fsp3) is 0.842. The molecule has 0 aromatic rings. The smallest absolute Gasteiger partial charge is 0.413 e. The van der Waals surface area contributed by atoms with Gasteiger partial charge < -0.3 is 3.88 Å². The Morgan fingerprint density at radius 1 is 0.955 bits per heavy atom.